The summed E-state index contributed by atoms with van der Waals surface area (Å²) in [6.45, 7) is 4.75. The maximum atomic E-state index is 13.2. The van der Waals surface area contributed by atoms with Gasteiger partial charge in [-0.1, -0.05) is 17.7 Å². The number of amides is 1. The Morgan fingerprint density at radius 3 is 2.74 bits per heavy atom. The van der Waals surface area contributed by atoms with E-state index in [0.29, 0.717) is 11.6 Å². The van der Waals surface area contributed by atoms with Gasteiger partial charge in [0.2, 0.25) is 0 Å². The molecule has 1 aromatic heterocycles. The number of fused-ring (bicyclic) bond motifs is 1. The average molecular weight is 389 g/mol. The summed E-state index contributed by atoms with van der Waals surface area (Å²) in [4.78, 5) is 15.3. The number of nitrogens with zero attached hydrogens (tertiary/aromatic N) is 3. The molecular formula is C21H29ClN4O. The normalized spacial score (nSPS) is 18.9. The van der Waals surface area contributed by atoms with Gasteiger partial charge in [0, 0.05) is 24.3 Å². The molecule has 1 N–H and O–H groups in total. The van der Waals surface area contributed by atoms with E-state index in [-0.39, 0.29) is 18.3 Å². The second kappa shape index (κ2) is 8.44. The molecule has 1 aromatic carbocycles. The zero-order chi connectivity index (χ0) is 18.1. The van der Waals surface area contributed by atoms with E-state index in [0.717, 1.165) is 51.0 Å². The number of halogens is 1. The number of hydrogen-bond donors (Lipinski definition) is 1. The number of nitrogens with one attached hydrogen (secondary N) is 1. The fraction of sp³-hybridized carbons (Fsp3) is 0.524. The lowest BCUT2D eigenvalue weighted by Crippen LogP contribution is -2.42. The Hall–Kier alpha value is -1.85. The second-order valence-corrected chi connectivity index (χ2v) is 7.69. The van der Waals surface area contributed by atoms with Crippen LogP contribution >= 0.6 is 12.4 Å². The Morgan fingerprint density at radius 1 is 1.22 bits per heavy atom. The van der Waals surface area contributed by atoms with Crippen molar-refractivity contribution >= 4 is 18.3 Å². The highest BCUT2D eigenvalue weighted by Crippen LogP contribution is 2.29. The van der Waals surface area contributed by atoms with Crippen LogP contribution in [-0.4, -0.2) is 47.3 Å². The van der Waals surface area contributed by atoms with Gasteiger partial charge in [0.1, 0.15) is 0 Å². The Morgan fingerprint density at radius 2 is 2.00 bits per heavy atom. The summed E-state index contributed by atoms with van der Waals surface area (Å²) in [5, 5.41) is 8.04. The molecule has 146 valence electrons. The second-order valence-electron chi connectivity index (χ2n) is 7.69. The standard InChI is InChI=1S/C21H28N4O.ClH/c1-15-8-10-17(11-9-15)25-19-7-3-6-18(19)20(23-25)21(26)24-12-4-5-16(14-24)13-22-2;/h8-11,16,22H,3-7,12-14H2,1-2H3;1H. The van der Waals surface area contributed by atoms with Gasteiger partial charge in [-0.3, -0.25) is 4.79 Å². The highest BCUT2D eigenvalue weighted by molar-refractivity contribution is 5.94. The van der Waals surface area contributed by atoms with Crippen molar-refractivity contribution < 1.29 is 4.79 Å². The van der Waals surface area contributed by atoms with Crippen molar-refractivity contribution in [1.29, 1.82) is 0 Å². The lowest BCUT2D eigenvalue weighted by molar-refractivity contribution is 0.0666. The summed E-state index contributed by atoms with van der Waals surface area (Å²) in [6.07, 6.45) is 5.36. The molecule has 1 unspecified atom stereocenters. The molecule has 0 radical (unpaired) electrons. The van der Waals surface area contributed by atoms with Crippen molar-refractivity contribution in [1.82, 2.24) is 20.0 Å². The largest absolute Gasteiger partial charge is 0.337 e. The molecule has 0 bridgehead atoms. The smallest absolute Gasteiger partial charge is 0.274 e. The van der Waals surface area contributed by atoms with Crippen LogP contribution in [-0.2, 0) is 12.8 Å². The van der Waals surface area contributed by atoms with Gasteiger partial charge in [0.05, 0.1) is 5.69 Å². The number of carbonyl (C=O) groups is 1. The molecule has 1 saturated heterocycles. The third kappa shape index (κ3) is 3.90. The third-order valence-corrected chi connectivity index (χ3v) is 5.71. The predicted molar refractivity (Wildman–Crippen MR) is 110 cm³/mol. The van der Waals surface area contributed by atoms with E-state index in [1.807, 2.05) is 16.6 Å². The Labute approximate surface area is 167 Å². The van der Waals surface area contributed by atoms with Gasteiger partial charge in [-0.15, -0.1) is 12.4 Å². The molecule has 4 rings (SSSR count). The van der Waals surface area contributed by atoms with Crippen LogP contribution < -0.4 is 5.32 Å². The molecule has 27 heavy (non-hydrogen) atoms. The van der Waals surface area contributed by atoms with Gasteiger partial charge in [0.25, 0.3) is 5.91 Å². The number of likely N-dealkylation sites (tertiary alicyclic amines) is 1. The molecule has 0 saturated carbocycles. The zero-order valence-electron chi connectivity index (χ0n) is 16.2. The van der Waals surface area contributed by atoms with Crippen LogP contribution in [0.5, 0.6) is 0 Å². The fourth-order valence-corrected chi connectivity index (χ4v) is 4.36. The molecular weight excluding hydrogens is 360 g/mol. The van der Waals surface area contributed by atoms with Crippen LogP contribution in [0.4, 0.5) is 0 Å². The number of carbonyl (C=O) groups excluding carboxylic acids is 1. The van der Waals surface area contributed by atoms with Crippen LogP contribution in [0.2, 0.25) is 0 Å². The molecule has 1 atom stereocenters. The molecule has 1 fully saturated rings. The first kappa shape index (κ1) is 19.9. The van der Waals surface area contributed by atoms with Crippen LogP contribution in [0.15, 0.2) is 24.3 Å². The van der Waals surface area contributed by atoms with Gasteiger partial charge in [-0.2, -0.15) is 5.10 Å². The molecule has 1 aliphatic carbocycles. The van der Waals surface area contributed by atoms with Crippen molar-refractivity contribution in [3.63, 3.8) is 0 Å². The maximum Gasteiger partial charge on any atom is 0.274 e. The summed E-state index contributed by atoms with van der Waals surface area (Å²) in [5.41, 5.74) is 5.37. The Kier molecular flexibility index (Phi) is 6.22. The molecule has 2 aromatic rings. The molecule has 5 nitrogen and oxygen atoms in total. The molecule has 6 heteroatoms. The number of aromatic nitrogens is 2. The minimum absolute atomic E-state index is 0. The first-order chi connectivity index (χ1) is 12.7. The first-order valence-corrected chi connectivity index (χ1v) is 9.79. The lowest BCUT2D eigenvalue weighted by atomic mass is 9.97. The summed E-state index contributed by atoms with van der Waals surface area (Å²) >= 11 is 0. The molecule has 1 aliphatic heterocycles. The summed E-state index contributed by atoms with van der Waals surface area (Å²) in [6, 6.07) is 8.40. The van der Waals surface area contributed by atoms with Gasteiger partial charge >= 0.3 is 0 Å². The highest BCUT2D eigenvalue weighted by Gasteiger charge is 2.31. The molecule has 0 spiro atoms. The monoisotopic (exact) mass is 388 g/mol. The van der Waals surface area contributed by atoms with Crippen LogP contribution in [0.1, 0.15) is 46.6 Å². The molecule has 2 aliphatic rings. The highest BCUT2D eigenvalue weighted by atomic mass is 35.5. The van der Waals surface area contributed by atoms with E-state index in [9.17, 15) is 4.79 Å². The number of hydrogen-bond acceptors (Lipinski definition) is 3. The van der Waals surface area contributed by atoms with Crippen molar-refractivity contribution in [2.45, 2.75) is 39.0 Å². The summed E-state index contributed by atoms with van der Waals surface area (Å²) in [5.74, 6) is 0.666. The fourth-order valence-electron chi connectivity index (χ4n) is 4.36. The molecule has 2 heterocycles. The van der Waals surface area contributed by atoms with Crippen molar-refractivity contribution in [2.75, 3.05) is 26.7 Å². The van der Waals surface area contributed by atoms with E-state index >= 15 is 0 Å². The average Bonchev–Trinajstić information content (AvgIpc) is 3.25. The third-order valence-electron chi connectivity index (χ3n) is 5.71. The molecule has 1 amide bonds. The Balaban J connectivity index is 0.00000210. The summed E-state index contributed by atoms with van der Waals surface area (Å²) in [7, 11) is 1.98. The van der Waals surface area contributed by atoms with E-state index in [4.69, 9.17) is 5.10 Å². The van der Waals surface area contributed by atoms with Crippen molar-refractivity contribution in [3.8, 4) is 5.69 Å². The predicted octanol–water partition coefficient (Wildman–Crippen LogP) is 3.16. The van der Waals surface area contributed by atoms with Gasteiger partial charge in [0.15, 0.2) is 5.69 Å². The topological polar surface area (TPSA) is 50.2 Å². The number of aryl methyl sites for hydroxylation is 1. The van der Waals surface area contributed by atoms with E-state index < -0.39 is 0 Å². The Bertz CT molecular complexity index is 797. The SMILES string of the molecule is CNCC1CCCN(C(=O)c2nn(-c3ccc(C)cc3)c3c2CCC3)C1.Cl. The minimum atomic E-state index is 0. The van der Waals surface area contributed by atoms with Gasteiger partial charge in [-0.05, 0) is 70.7 Å². The van der Waals surface area contributed by atoms with E-state index in [1.165, 1.54) is 23.2 Å². The lowest BCUT2D eigenvalue weighted by Gasteiger charge is -2.32. The van der Waals surface area contributed by atoms with Gasteiger partial charge in [-0.25, -0.2) is 4.68 Å². The number of piperidine rings is 1. The van der Waals surface area contributed by atoms with Crippen molar-refractivity contribution in [3.05, 3.63) is 46.8 Å². The number of benzene rings is 1. The maximum absolute atomic E-state index is 13.2. The van der Waals surface area contributed by atoms with Crippen LogP contribution in [0, 0.1) is 12.8 Å². The van der Waals surface area contributed by atoms with E-state index in [1.54, 1.807) is 0 Å². The zero-order valence-corrected chi connectivity index (χ0v) is 17.0. The summed E-state index contributed by atoms with van der Waals surface area (Å²) < 4.78 is 2.00. The van der Waals surface area contributed by atoms with E-state index in [2.05, 4.69) is 36.5 Å². The number of rotatable bonds is 4. The first-order valence-electron chi connectivity index (χ1n) is 9.79. The van der Waals surface area contributed by atoms with Crippen LogP contribution in [0.25, 0.3) is 5.69 Å². The minimum Gasteiger partial charge on any atom is -0.337 e. The van der Waals surface area contributed by atoms with Gasteiger partial charge < -0.3 is 10.2 Å². The van der Waals surface area contributed by atoms with Crippen LogP contribution in [0.3, 0.4) is 0 Å². The van der Waals surface area contributed by atoms with Crippen molar-refractivity contribution in [2.24, 2.45) is 5.92 Å². The quantitative estimate of drug-likeness (QED) is 0.875.